The fourth-order valence-electron chi connectivity index (χ4n) is 3.23. The second kappa shape index (κ2) is 8.12. The molecule has 2 aromatic carbocycles. The number of fused-ring (bicyclic) bond motifs is 3. The fraction of sp³-hybridized carbons (Fsp3) is 0.136. The molecule has 150 valence electrons. The predicted octanol–water partition coefficient (Wildman–Crippen LogP) is 6.18. The Bertz CT molecular complexity index is 1200. The van der Waals surface area contributed by atoms with E-state index in [-0.39, 0.29) is 0 Å². The summed E-state index contributed by atoms with van der Waals surface area (Å²) in [4.78, 5) is 4.59. The average Bonchev–Trinajstić information content (AvgIpc) is 3.19. The molecule has 0 saturated carbocycles. The molecule has 0 spiro atoms. The van der Waals surface area contributed by atoms with Gasteiger partial charge in [-0.15, -0.1) is 10.2 Å². The van der Waals surface area contributed by atoms with E-state index in [1.54, 1.807) is 0 Å². The zero-order chi connectivity index (χ0) is 20.5. The fourth-order valence-corrected chi connectivity index (χ4v) is 4.00. The van der Waals surface area contributed by atoms with Crippen molar-refractivity contribution < 1.29 is 9.15 Å². The van der Waals surface area contributed by atoms with Crippen LogP contribution in [0.15, 0.2) is 74.7 Å². The molecule has 0 unspecified atom stereocenters. The molecule has 3 heterocycles. The Balaban J connectivity index is 1.54. The molecule has 1 aliphatic heterocycles. The van der Waals surface area contributed by atoms with Crippen LogP contribution in [-0.4, -0.2) is 20.9 Å². The van der Waals surface area contributed by atoms with Crippen molar-refractivity contribution in [2.24, 2.45) is 0 Å². The zero-order valence-corrected chi connectivity index (χ0v) is 18.4. The van der Waals surface area contributed by atoms with Crippen molar-refractivity contribution in [3.05, 3.63) is 70.9 Å². The van der Waals surface area contributed by atoms with Crippen LogP contribution in [0.4, 0.5) is 5.69 Å². The normalized spacial score (nSPS) is 14.8. The molecule has 4 aromatic rings. The number of hydrogen-bond acceptors (Lipinski definition) is 7. The van der Waals surface area contributed by atoms with E-state index < -0.39 is 6.23 Å². The van der Waals surface area contributed by atoms with Crippen molar-refractivity contribution in [1.29, 1.82) is 0 Å². The number of benzene rings is 2. The maximum Gasteiger partial charge on any atom is 0.247 e. The van der Waals surface area contributed by atoms with E-state index in [2.05, 4.69) is 36.4 Å². The van der Waals surface area contributed by atoms with Crippen LogP contribution in [0.3, 0.4) is 0 Å². The van der Waals surface area contributed by atoms with E-state index in [9.17, 15) is 0 Å². The summed E-state index contributed by atoms with van der Waals surface area (Å²) in [7, 11) is 0. The van der Waals surface area contributed by atoms with E-state index in [0.717, 1.165) is 32.8 Å². The van der Waals surface area contributed by atoms with Crippen molar-refractivity contribution in [3.8, 4) is 28.5 Å². The minimum absolute atomic E-state index is 0.435. The number of nitrogens with zero attached hydrogens (tertiary/aromatic N) is 3. The standard InChI is InChI=1S/C22H17BrN4O2S/c1-2-30-22-25-21-19(26-27-22)15-5-3-4-6-16(15)24-20(29-21)18-12-11-17(28-18)13-7-9-14(23)10-8-13/h3-12,20,24H,2H2,1H3/t20-/m1/s1. The van der Waals surface area contributed by atoms with Crippen LogP contribution in [0.2, 0.25) is 0 Å². The van der Waals surface area contributed by atoms with Gasteiger partial charge in [-0.1, -0.05) is 64.9 Å². The number of para-hydroxylation sites is 1. The summed E-state index contributed by atoms with van der Waals surface area (Å²) in [6.07, 6.45) is -0.548. The molecule has 0 fully saturated rings. The van der Waals surface area contributed by atoms with Crippen molar-refractivity contribution in [1.82, 2.24) is 15.2 Å². The molecule has 1 aliphatic rings. The third-order valence-corrected chi connectivity index (χ3v) is 5.87. The molecule has 30 heavy (non-hydrogen) atoms. The maximum absolute atomic E-state index is 6.24. The molecule has 0 amide bonds. The number of furan rings is 1. The third kappa shape index (κ3) is 3.68. The number of ether oxygens (including phenoxy) is 1. The highest BCUT2D eigenvalue weighted by Crippen LogP contribution is 2.40. The Labute approximate surface area is 186 Å². The summed E-state index contributed by atoms with van der Waals surface area (Å²) in [5, 5.41) is 12.6. The molecule has 0 aliphatic carbocycles. The second-order valence-corrected chi connectivity index (χ2v) is 8.72. The lowest BCUT2D eigenvalue weighted by Gasteiger charge is -2.16. The first-order chi connectivity index (χ1) is 14.7. The average molecular weight is 481 g/mol. The lowest BCUT2D eigenvalue weighted by Crippen LogP contribution is -2.16. The first-order valence-electron chi connectivity index (χ1n) is 9.47. The number of nitrogens with one attached hydrogen (secondary N) is 1. The van der Waals surface area contributed by atoms with E-state index in [1.807, 2.05) is 67.6 Å². The third-order valence-electron chi connectivity index (χ3n) is 4.62. The SMILES string of the molecule is CCSc1nnc2c(n1)O[C@H](c1ccc(-c3ccc(Br)cc3)o1)Nc1ccccc1-2. The van der Waals surface area contributed by atoms with Gasteiger partial charge in [0.25, 0.3) is 0 Å². The largest absolute Gasteiger partial charge is 0.455 e. The van der Waals surface area contributed by atoms with Crippen molar-refractivity contribution >= 4 is 33.4 Å². The Morgan fingerprint density at radius 2 is 1.87 bits per heavy atom. The summed E-state index contributed by atoms with van der Waals surface area (Å²) in [5.74, 6) is 2.71. The van der Waals surface area contributed by atoms with Gasteiger partial charge in [0, 0.05) is 21.3 Å². The Morgan fingerprint density at radius 3 is 2.70 bits per heavy atom. The molecule has 8 heteroatoms. The van der Waals surface area contributed by atoms with Gasteiger partial charge in [0.2, 0.25) is 17.3 Å². The van der Waals surface area contributed by atoms with Crippen LogP contribution >= 0.6 is 27.7 Å². The molecule has 1 atom stereocenters. The molecule has 0 bridgehead atoms. The lowest BCUT2D eigenvalue weighted by atomic mass is 10.1. The van der Waals surface area contributed by atoms with Gasteiger partial charge in [-0.3, -0.25) is 0 Å². The molecule has 0 radical (unpaired) electrons. The van der Waals surface area contributed by atoms with Crippen LogP contribution < -0.4 is 10.1 Å². The number of halogens is 1. The van der Waals surface area contributed by atoms with Gasteiger partial charge in [-0.2, -0.15) is 4.98 Å². The molecule has 5 rings (SSSR count). The van der Waals surface area contributed by atoms with Crippen LogP contribution in [-0.2, 0) is 0 Å². The Morgan fingerprint density at radius 1 is 1.03 bits per heavy atom. The number of thioether (sulfide) groups is 1. The first-order valence-corrected chi connectivity index (χ1v) is 11.2. The number of hydrogen-bond donors (Lipinski definition) is 1. The highest BCUT2D eigenvalue weighted by Gasteiger charge is 2.28. The first kappa shape index (κ1) is 19.1. The number of aromatic nitrogens is 3. The quantitative estimate of drug-likeness (QED) is 0.349. The zero-order valence-electron chi connectivity index (χ0n) is 16.0. The Kier molecular flexibility index (Phi) is 5.18. The van der Waals surface area contributed by atoms with Gasteiger partial charge in [0.05, 0.1) is 0 Å². The summed E-state index contributed by atoms with van der Waals surface area (Å²) in [6.45, 7) is 2.05. The predicted molar refractivity (Wildman–Crippen MR) is 120 cm³/mol. The van der Waals surface area contributed by atoms with Crippen LogP contribution in [0.1, 0.15) is 18.9 Å². The summed E-state index contributed by atoms with van der Waals surface area (Å²) < 4.78 is 13.4. The van der Waals surface area contributed by atoms with Gasteiger partial charge < -0.3 is 14.5 Å². The smallest absolute Gasteiger partial charge is 0.247 e. The maximum atomic E-state index is 6.24. The topological polar surface area (TPSA) is 73.1 Å². The summed E-state index contributed by atoms with van der Waals surface area (Å²) in [5.41, 5.74) is 3.38. The van der Waals surface area contributed by atoms with E-state index in [0.29, 0.717) is 22.5 Å². The molecule has 6 nitrogen and oxygen atoms in total. The summed E-state index contributed by atoms with van der Waals surface area (Å²) in [6, 6.07) is 19.7. The summed E-state index contributed by atoms with van der Waals surface area (Å²) >= 11 is 4.99. The highest BCUT2D eigenvalue weighted by molar-refractivity contribution is 9.10. The minimum atomic E-state index is -0.548. The molecule has 1 N–H and O–H groups in total. The Hall–Kier alpha value is -2.84. The van der Waals surface area contributed by atoms with E-state index >= 15 is 0 Å². The second-order valence-electron chi connectivity index (χ2n) is 6.58. The van der Waals surface area contributed by atoms with Gasteiger partial charge in [-0.25, -0.2) is 0 Å². The monoisotopic (exact) mass is 480 g/mol. The number of anilines is 1. The molecule has 0 saturated heterocycles. The van der Waals surface area contributed by atoms with E-state index in [1.165, 1.54) is 11.8 Å². The van der Waals surface area contributed by atoms with Crippen LogP contribution in [0, 0.1) is 0 Å². The molecular weight excluding hydrogens is 464 g/mol. The van der Waals surface area contributed by atoms with Crippen LogP contribution in [0.25, 0.3) is 22.6 Å². The van der Waals surface area contributed by atoms with Gasteiger partial charge in [0.1, 0.15) is 5.76 Å². The lowest BCUT2D eigenvalue weighted by molar-refractivity contribution is 0.196. The van der Waals surface area contributed by atoms with Crippen molar-refractivity contribution in [2.75, 3.05) is 11.1 Å². The van der Waals surface area contributed by atoms with Gasteiger partial charge >= 0.3 is 0 Å². The van der Waals surface area contributed by atoms with Gasteiger partial charge in [0.15, 0.2) is 11.5 Å². The van der Waals surface area contributed by atoms with Crippen molar-refractivity contribution in [2.45, 2.75) is 18.3 Å². The molecule has 2 aromatic heterocycles. The van der Waals surface area contributed by atoms with Crippen LogP contribution in [0.5, 0.6) is 5.88 Å². The number of rotatable bonds is 4. The van der Waals surface area contributed by atoms with Crippen molar-refractivity contribution in [3.63, 3.8) is 0 Å². The van der Waals surface area contributed by atoms with E-state index in [4.69, 9.17) is 9.15 Å². The van der Waals surface area contributed by atoms with Gasteiger partial charge in [-0.05, 0) is 36.1 Å². The minimum Gasteiger partial charge on any atom is -0.455 e. The highest BCUT2D eigenvalue weighted by atomic mass is 79.9. The molecular formula is C22H17BrN4O2S.